The fourth-order valence-electron chi connectivity index (χ4n) is 3.45. The van der Waals surface area contributed by atoms with Crippen LogP contribution in [-0.4, -0.2) is 19.1 Å². The first-order valence-corrected chi connectivity index (χ1v) is 8.90. The van der Waals surface area contributed by atoms with E-state index in [0.717, 1.165) is 5.56 Å². The highest BCUT2D eigenvalue weighted by Crippen LogP contribution is 2.32. The predicted molar refractivity (Wildman–Crippen MR) is 104 cm³/mol. The average Bonchev–Trinajstić information content (AvgIpc) is 2.58. The van der Waals surface area contributed by atoms with Crippen molar-refractivity contribution in [1.29, 1.82) is 0 Å². The maximum absolute atomic E-state index is 12.0. The molecule has 0 aliphatic rings. The number of hydrogen-bond donors (Lipinski definition) is 0. The molecule has 0 aliphatic carbocycles. The number of likely N-dealkylation sites (N-methyl/N-ethyl adjacent to an activating group) is 1. The Kier molecular flexibility index (Phi) is 6.24. The van der Waals surface area contributed by atoms with Gasteiger partial charge in [0.15, 0.2) is 0 Å². The van der Waals surface area contributed by atoms with Gasteiger partial charge in [0.2, 0.25) is 0 Å². The summed E-state index contributed by atoms with van der Waals surface area (Å²) in [6, 6.07) is 14.4. The van der Waals surface area contributed by atoms with Crippen molar-refractivity contribution in [1.82, 2.24) is 0 Å². The van der Waals surface area contributed by atoms with Gasteiger partial charge in [-0.15, -0.1) is 0 Å². The molecule has 0 amide bonds. The van der Waals surface area contributed by atoms with Crippen LogP contribution in [0.4, 0.5) is 5.69 Å². The lowest BCUT2D eigenvalue weighted by Crippen LogP contribution is -2.37. The molecule has 0 aromatic heterocycles. The van der Waals surface area contributed by atoms with E-state index in [2.05, 4.69) is 51.8 Å². The molecular formula is C22H29NO2. The first-order valence-electron chi connectivity index (χ1n) is 8.90. The smallest absolute Gasteiger partial charge is 0.306 e. The SMILES string of the molecule is CCC(=O)O[C@H](c1ccccc1)[C@H](C)N(C)c1c(C)cc(C)cc1C. The van der Waals surface area contributed by atoms with Crippen LogP contribution in [-0.2, 0) is 9.53 Å². The summed E-state index contributed by atoms with van der Waals surface area (Å²) in [5.74, 6) is -0.175. The van der Waals surface area contributed by atoms with E-state index >= 15 is 0 Å². The molecule has 0 heterocycles. The Hall–Kier alpha value is -2.29. The third kappa shape index (κ3) is 4.41. The van der Waals surface area contributed by atoms with Crippen molar-refractivity contribution in [2.75, 3.05) is 11.9 Å². The lowest BCUT2D eigenvalue weighted by Gasteiger charge is -2.35. The summed E-state index contributed by atoms with van der Waals surface area (Å²) in [5, 5.41) is 0. The molecule has 0 saturated carbocycles. The van der Waals surface area contributed by atoms with Gasteiger partial charge in [0.25, 0.3) is 0 Å². The number of rotatable bonds is 6. The Bertz CT molecular complexity index is 701. The molecular weight excluding hydrogens is 310 g/mol. The molecule has 2 rings (SSSR count). The van der Waals surface area contributed by atoms with Crippen LogP contribution >= 0.6 is 0 Å². The molecule has 0 unspecified atom stereocenters. The zero-order valence-electron chi connectivity index (χ0n) is 16.2. The molecule has 0 bridgehead atoms. The minimum atomic E-state index is -0.307. The van der Waals surface area contributed by atoms with Crippen LogP contribution in [0, 0.1) is 20.8 Å². The summed E-state index contributed by atoms with van der Waals surface area (Å²) >= 11 is 0. The number of nitrogens with zero attached hydrogens (tertiary/aromatic N) is 1. The quantitative estimate of drug-likeness (QED) is 0.683. The molecule has 0 spiro atoms. The summed E-state index contributed by atoms with van der Waals surface area (Å²) < 4.78 is 5.81. The zero-order chi connectivity index (χ0) is 18.6. The minimum Gasteiger partial charge on any atom is -0.455 e. The standard InChI is InChI=1S/C22H29NO2/c1-7-20(24)25-22(19-11-9-8-10-12-19)18(5)23(6)21-16(3)13-15(2)14-17(21)4/h8-14,18,22H,7H2,1-6H3/t18-,22-/m0/s1. The van der Waals surface area contributed by atoms with Gasteiger partial charge in [0.05, 0.1) is 6.04 Å². The van der Waals surface area contributed by atoms with Gasteiger partial charge in [0, 0.05) is 19.2 Å². The zero-order valence-corrected chi connectivity index (χ0v) is 16.2. The molecule has 0 radical (unpaired) electrons. The fourth-order valence-corrected chi connectivity index (χ4v) is 3.45. The summed E-state index contributed by atoms with van der Waals surface area (Å²) in [6.07, 6.45) is 0.0706. The van der Waals surface area contributed by atoms with E-state index in [1.54, 1.807) is 0 Å². The first-order chi connectivity index (χ1) is 11.8. The number of aryl methyl sites for hydroxylation is 3. The van der Waals surface area contributed by atoms with E-state index in [0.29, 0.717) is 6.42 Å². The lowest BCUT2D eigenvalue weighted by molar-refractivity contribution is -0.150. The minimum absolute atomic E-state index is 0.0120. The van der Waals surface area contributed by atoms with Crippen LogP contribution < -0.4 is 4.90 Å². The number of esters is 1. The summed E-state index contributed by atoms with van der Waals surface area (Å²) in [7, 11) is 2.07. The Morgan fingerprint density at radius 2 is 1.64 bits per heavy atom. The lowest BCUT2D eigenvalue weighted by atomic mass is 9.98. The van der Waals surface area contributed by atoms with E-state index in [4.69, 9.17) is 4.74 Å². The van der Waals surface area contributed by atoms with Crippen LogP contribution in [0.15, 0.2) is 42.5 Å². The normalized spacial score (nSPS) is 13.2. The molecule has 2 atom stereocenters. The molecule has 0 aliphatic heterocycles. The highest BCUT2D eigenvalue weighted by atomic mass is 16.5. The van der Waals surface area contributed by atoms with Crippen molar-refractivity contribution in [3.05, 3.63) is 64.7 Å². The predicted octanol–water partition coefficient (Wildman–Crippen LogP) is 5.13. The number of hydrogen-bond acceptors (Lipinski definition) is 3. The Balaban J connectivity index is 2.39. The van der Waals surface area contributed by atoms with E-state index in [9.17, 15) is 4.79 Å². The first kappa shape index (κ1) is 19.0. The van der Waals surface area contributed by atoms with E-state index in [1.165, 1.54) is 22.4 Å². The molecule has 25 heavy (non-hydrogen) atoms. The van der Waals surface area contributed by atoms with E-state index in [-0.39, 0.29) is 18.1 Å². The van der Waals surface area contributed by atoms with Crippen LogP contribution in [0.3, 0.4) is 0 Å². The van der Waals surface area contributed by atoms with Crippen molar-refractivity contribution in [3.63, 3.8) is 0 Å². The molecule has 0 saturated heterocycles. The number of anilines is 1. The molecule has 0 fully saturated rings. The summed E-state index contributed by atoms with van der Waals surface area (Å²) in [6.45, 7) is 10.3. The number of carbonyl (C=O) groups excluding carboxylic acids is 1. The van der Waals surface area contributed by atoms with Crippen LogP contribution in [0.1, 0.15) is 48.6 Å². The van der Waals surface area contributed by atoms with Crippen molar-refractivity contribution in [2.24, 2.45) is 0 Å². The van der Waals surface area contributed by atoms with Gasteiger partial charge in [0.1, 0.15) is 6.10 Å². The molecule has 2 aromatic rings. The van der Waals surface area contributed by atoms with Gasteiger partial charge < -0.3 is 9.64 Å². The fraction of sp³-hybridized carbons (Fsp3) is 0.409. The molecule has 3 nitrogen and oxygen atoms in total. The summed E-state index contributed by atoms with van der Waals surface area (Å²) in [4.78, 5) is 14.2. The van der Waals surface area contributed by atoms with Gasteiger partial charge in [-0.25, -0.2) is 0 Å². The van der Waals surface area contributed by atoms with Crippen LogP contribution in [0.2, 0.25) is 0 Å². The van der Waals surface area contributed by atoms with Gasteiger partial charge in [-0.3, -0.25) is 4.79 Å². The third-order valence-corrected chi connectivity index (χ3v) is 4.71. The topological polar surface area (TPSA) is 29.5 Å². The Morgan fingerprint density at radius 1 is 1.08 bits per heavy atom. The monoisotopic (exact) mass is 339 g/mol. The second-order valence-electron chi connectivity index (χ2n) is 6.77. The largest absolute Gasteiger partial charge is 0.455 e. The van der Waals surface area contributed by atoms with Gasteiger partial charge in [-0.2, -0.15) is 0 Å². The Morgan fingerprint density at radius 3 is 2.16 bits per heavy atom. The maximum Gasteiger partial charge on any atom is 0.306 e. The van der Waals surface area contributed by atoms with Crippen molar-refractivity contribution in [3.8, 4) is 0 Å². The van der Waals surface area contributed by atoms with Crippen molar-refractivity contribution < 1.29 is 9.53 Å². The number of carbonyl (C=O) groups is 1. The second kappa shape index (κ2) is 8.19. The maximum atomic E-state index is 12.0. The Labute approximate surface area is 151 Å². The van der Waals surface area contributed by atoms with Crippen molar-refractivity contribution >= 4 is 11.7 Å². The van der Waals surface area contributed by atoms with E-state index < -0.39 is 0 Å². The van der Waals surface area contributed by atoms with E-state index in [1.807, 2.05) is 37.3 Å². The second-order valence-corrected chi connectivity index (χ2v) is 6.77. The molecule has 2 aromatic carbocycles. The van der Waals surface area contributed by atoms with Crippen molar-refractivity contribution in [2.45, 2.75) is 53.2 Å². The summed E-state index contributed by atoms with van der Waals surface area (Å²) in [5.41, 5.74) is 5.95. The highest BCUT2D eigenvalue weighted by molar-refractivity contribution is 5.69. The van der Waals surface area contributed by atoms with Gasteiger partial charge in [-0.1, -0.05) is 55.0 Å². The van der Waals surface area contributed by atoms with Gasteiger partial charge in [-0.05, 0) is 44.4 Å². The third-order valence-electron chi connectivity index (χ3n) is 4.71. The molecule has 0 N–H and O–H groups in total. The number of benzene rings is 2. The van der Waals surface area contributed by atoms with Crippen LogP contribution in [0.5, 0.6) is 0 Å². The molecule has 134 valence electrons. The molecule has 3 heteroatoms. The number of ether oxygens (including phenoxy) is 1. The average molecular weight is 339 g/mol. The van der Waals surface area contributed by atoms with Gasteiger partial charge >= 0.3 is 5.97 Å². The van der Waals surface area contributed by atoms with Crippen LogP contribution in [0.25, 0.3) is 0 Å². The highest BCUT2D eigenvalue weighted by Gasteiger charge is 2.27.